The summed E-state index contributed by atoms with van der Waals surface area (Å²) in [6.07, 6.45) is 15.9. The van der Waals surface area contributed by atoms with Gasteiger partial charge in [-0.3, -0.25) is 13.8 Å². The molecule has 0 spiro atoms. The molecule has 14 heteroatoms. The van der Waals surface area contributed by atoms with Crippen LogP contribution in [0.15, 0.2) is 0 Å². The third-order valence-corrected chi connectivity index (χ3v) is 11.7. The first-order valence-corrected chi connectivity index (χ1v) is 23.1. The largest absolute Gasteiger partial charge is 0.472 e. The zero-order valence-corrected chi connectivity index (χ0v) is 34.5. The maximum atomic E-state index is 12.8. The van der Waals surface area contributed by atoms with Crippen LogP contribution in [0.5, 0.6) is 0 Å². The van der Waals surface area contributed by atoms with Gasteiger partial charge in [0.05, 0.1) is 31.3 Å². The maximum absolute atomic E-state index is 12.8. The monoisotopic (exact) mass is 798 g/mol. The van der Waals surface area contributed by atoms with Gasteiger partial charge in [-0.05, 0) is 12.8 Å². The fourth-order valence-corrected chi connectivity index (χ4v) is 8.09. The minimum atomic E-state index is -5.09. The number of carbonyl (C=O) groups excluding carboxylic acids is 1. The number of aliphatic hydroxyl groups is 7. The summed E-state index contributed by atoms with van der Waals surface area (Å²) >= 11 is 0. The Labute approximate surface area is 326 Å². The van der Waals surface area contributed by atoms with Crippen molar-refractivity contribution in [2.45, 2.75) is 242 Å². The second kappa shape index (κ2) is 31.3. The Morgan fingerprint density at radius 2 is 0.926 bits per heavy atom. The average molecular weight is 798 g/mol. The molecule has 54 heavy (non-hydrogen) atoms. The van der Waals surface area contributed by atoms with Gasteiger partial charge in [0.25, 0.3) is 0 Å². The quantitative estimate of drug-likeness (QED) is 0.0263. The number of hydrogen-bond donors (Lipinski definition) is 9. The van der Waals surface area contributed by atoms with E-state index >= 15 is 0 Å². The Kier molecular flexibility index (Phi) is 29.8. The molecule has 1 aliphatic rings. The molecule has 0 bridgehead atoms. The van der Waals surface area contributed by atoms with E-state index in [1.54, 1.807) is 0 Å². The van der Waals surface area contributed by atoms with Crippen molar-refractivity contribution in [1.82, 2.24) is 5.32 Å². The number of carbonyl (C=O) groups is 1. The van der Waals surface area contributed by atoms with Crippen LogP contribution >= 0.6 is 7.82 Å². The molecule has 13 nitrogen and oxygen atoms in total. The van der Waals surface area contributed by atoms with E-state index in [-0.39, 0.29) is 12.8 Å². The van der Waals surface area contributed by atoms with E-state index in [0.717, 1.165) is 38.5 Å². The van der Waals surface area contributed by atoms with Crippen LogP contribution in [0, 0.1) is 0 Å². The number of nitrogens with one attached hydrogen (secondary N) is 1. The van der Waals surface area contributed by atoms with E-state index in [1.807, 2.05) is 6.92 Å². The Balaban J connectivity index is 2.25. The molecule has 0 aromatic carbocycles. The highest BCUT2D eigenvalue weighted by Crippen LogP contribution is 2.47. The van der Waals surface area contributed by atoms with Crippen molar-refractivity contribution in [2.24, 2.45) is 0 Å². The van der Waals surface area contributed by atoms with E-state index in [1.165, 1.54) is 109 Å². The summed E-state index contributed by atoms with van der Waals surface area (Å²) in [5, 5.41) is 73.6. The predicted molar refractivity (Wildman–Crippen MR) is 211 cm³/mol. The Morgan fingerprint density at radius 3 is 1.35 bits per heavy atom. The Hall–Kier alpha value is -0.700. The second-order valence-corrected chi connectivity index (χ2v) is 17.1. The lowest BCUT2D eigenvalue weighted by Gasteiger charge is -2.41. The minimum Gasteiger partial charge on any atom is -0.393 e. The molecule has 1 saturated carbocycles. The van der Waals surface area contributed by atoms with Crippen molar-refractivity contribution in [1.29, 1.82) is 0 Å². The van der Waals surface area contributed by atoms with Gasteiger partial charge in [-0.15, -0.1) is 0 Å². The lowest BCUT2D eigenvalue weighted by atomic mass is 9.85. The van der Waals surface area contributed by atoms with E-state index in [9.17, 15) is 50.0 Å². The molecule has 1 amide bonds. The molecular weight excluding hydrogens is 717 g/mol. The van der Waals surface area contributed by atoms with Crippen molar-refractivity contribution in [3.05, 3.63) is 0 Å². The fraction of sp³-hybridized carbons (Fsp3) is 0.975. The van der Waals surface area contributed by atoms with Crippen LogP contribution in [-0.4, -0.2) is 108 Å². The number of phosphoric ester groups is 1. The van der Waals surface area contributed by atoms with Gasteiger partial charge in [0, 0.05) is 0 Å². The number of phosphoric acid groups is 1. The second-order valence-electron chi connectivity index (χ2n) is 15.7. The molecule has 1 rings (SSSR count). The van der Waals surface area contributed by atoms with Gasteiger partial charge >= 0.3 is 7.82 Å². The molecule has 0 aromatic rings. The summed E-state index contributed by atoms with van der Waals surface area (Å²) in [6.45, 7) is 3.57. The summed E-state index contributed by atoms with van der Waals surface area (Å²) in [7, 11) is -5.09. The lowest BCUT2D eigenvalue weighted by Crippen LogP contribution is -2.64. The fourth-order valence-electron chi connectivity index (χ4n) is 7.13. The topological polar surface area (TPSA) is 226 Å². The van der Waals surface area contributed by atoms with Crippen molar-refractivity contribution >= 4 is 13.7 Å². The van der Waals surface area contributed by atoms with E-state index in [4.69, 9.17) is 9.05 Å². The molecule has 9 N–H and O–H groups in total. The zero-order chi connectivity index (χ0) is 40.2. The summed E-state index contributed by atoms with van der Waals surface area (Å²) in [5.41, 5.74) is 0. The summed E-state index contributed by atoms with van der Waals surface area (Å²) in [5.74, 6) is -0.568. The molecule has 1 aliphatic carbocycles. The third-order valence-electron chi connectivity index (χ3n) is 10.7. The van der Waals surface area contributed by atoms with Gasteiger partial charge in [-0.25, -0.2) is 4.57 Å². The molecule has 0 aromatic heterocycles. The standard InChI is InChI=1S/C40H80NO12P/c1-3-5-7-8-9-10-11-12-13-14-15-16-17-18-19-20-21-22-23-24-26-27-31(42)29-34(44)41-32(33(43)28-25-6-4-2)30-52-54(50,51)53-40-38(48)36(46)35(45)37(47)39(40)49/h31-33,35-40,42-43,45-49H,3-30H2,1-2H3,(H,41,44)(H,50,51). The van der Waals surface area contributed by atoms with Crippen molar-refractivity contribution in [2.75, 3.05) is 6.61 Å². The summed E-state index contributed by atoms with van der Waals surface area (Å²) in [4.78, 5) is 23.1. The highest BCUT2D eigenvalue weighted by Gasteiger charge is 2.51. The first-order chi connectivity index (χ1) is 25.8. The molecule has 0 heterocycles. The van der Waals surface area contributed by atoms with Crippen LogP contribution in [0.4, 0.5) is 0 Å². The molecule has 322 valence electrons. The summed E-state index contributed by atoms with van der Waals surface area (Å²) in [6, 6.07) is -1.14. The molecule has 0 saturated heterocycles. The Bertz CT molecular complexity index is 948. The first kappa shape index (κ1) is 51.3. The molecule has 1 fully saturated rings. The number of amides is 1. The number of unbranched alkanes of at least 4 members (excludes halogenated alkanes) is 22. The van der Waals surface area contributed by atoms with Gasteiger partial charge in [-0.2, -0.15) is 0 Å². The predicted octanol–water partition coefficient (Wildman–Crippen LogP) is 6.09. The van der Waals surface area contributed by atoms with E-state index < -0.39 is 75.2 Å². The molecule has 8 atom stereocenters. The average Bonchev–Trinajstić information content (AvgIpc) is 3.14. The molecule has 0 radical (unpaired) electrons. The van der Waals surface area contributed by atoms with Gasteiger partial charge in [0.2, 0.25) is 5.91 Å². The van der Waals surface area contributed by atoms with Crippen molar-refractivity contribution in [3.63, 3.8) is 0 Å². The summed E-state index contributed by atoms with van der Waals surface area (Å²) < 4.78 is 22.6. The van der Waals surface area contributed by atoms with Crippen LogP contribution < -0.4 is 5.32 Å². The smallest absolute Gasteiger partial charge is 0.393 e. The van der Waals surface area contributed by atoms with Gasteiger partial charge in [0.1, 0.15) is 36.6 Å². The first-order valence-electron chi connectivity index (χ1n) is 21.6. The van der Waals surface area contributed by atoms with Gasteiger partial charge in [0.15, 0.2) is 0 Å². The third kappa shape index (κ3) is 23.5. The Morgan fingerprint density at radius 1 is 0.574 bits per heavy atom. The van der Waals surface area contributed by atoms with Gasteiger partial charge in [-0.1, -0.05) is 168 Å². The molecular formula is C40H80NO12P. The van der Waals surface area contributed by atoms with E-state index in [0.29, 0.717) is 12.8 Å². The van der Waals surface area contributed by atoms with Crippen LogP contribution in [0.2, 0.25) is 0 Å². The van der Waals surface area contributed by atoms with E-state index in [2.05, 4.69) is 12.2 Å². The van der Waals surface area contributed by atoms with Crippen LogP contribution in [-0.2, 0) is 18.4 Å². The molecule has 0 aliphatic heterocycles. The SMILES string of the molecule is CCCCCCCCCCCCCCCCCCCCCCCC(O)CC(=O)NC(COP(=O)(O)OC1C(O)C(O)C(O)C(O)C1O)C(O)CCCCC. The minimum absolute atomic E-state index is 0.219. The zero-order valence-electron chi connectivity index (χ0n) is 33.7. The van der Waals surface area contributed by atoms with Crippen molar-refractivity contribution < 1.29 is 59.0 Å². The van der Waals surface area contributed by atoms with Crippen LogP contribution in [0.1, 0.15) is 187 Å². The number of aliphatic hydroxyl groups excluding tert-OH is 7. The highest BCUT2D eigenvalue weighted by atomic mass is 31.2. The number of rotatable bonds is 35. The van der Waals surface area contributed by atoms with Crippen LogP contribution in [0.25, 0.3) is 0 Å². The highest BCUT2D eigenvalue weighted by molar-refractivity contribution is 7.47. The maximum Gasteiger partial charge on any atom is 0.472 e. The normalized spacial score (nSPS) is 24.6. The number of hydrogen-bond acceptors (Lipinski definition) is 11. The lowest BCUT2D eigenvalue weighted by molar-refractivity contribution is -0.220. The van der Waals surface area contributed by atoms with Gasteiger partial charge < -0.3 is 46.0 Å². The van der Waals surface area contributed by atoms with Crippen molar-refractivity contribution in [3.8, 4) is 0 Å². The van der Waals surface area contributed by atoms with Crippen LogP contribution in [0.3, 0.4) is 0 Å². The molecule has 8 unspecified atom stereocenters.